The van der Waals surface area contributed by atoms with Crippen molar-refractivity contribution in [1.29, 1.82) is 0 Å². The van der Waals surface area contributed by atoms with Gasteiger partial charge in [-0.25, -0.2) is 9.37 Å². The van der Waals surface area contributed by atoms with Gasteiger partial charge in [0.05, 0.1) is 10.3 Å². The van der Waals surface area contributed by atoms with Gasteiger partial charge < -0.3 is 19.3 Å². The Balaban J connectivity index is 1.37. The summed E-state index contributed by atoms with van der Waals surface area (Å²) in [6.45, 7) is 3.58. The summed E-state index contributed by atoms with van der Waals surface area (Å²) in [6.07, 6.45) is -1.17. The lowest BCUT2D eigenvalue weighted by Gasteiger charge is -2.22. The molecule has 3 aromatic rings. The zero-order valence-corrected chi connectivity index (χ0v) is 21.9. The van der Waals surface area contributed by atoms with Gasteiger partial charge in [-0.05, 0) is 62.1 Å². The molecule has 2 aliphatic rings. The van der Waals surface area contributed by atoms with E-state index < -0.39 is 34.9 Å². The molecule has 1 aliphatic carbocycles. The highest BCUT2D eigenvalue weighted by atomic mass is 35.5. The van der Waals surface area contributed by atoms with Crippen molar-refractivity contribution in [2.24, 2.45) is 0 Å². The Morgan fingerprint density at radius 3 is 2.59 bits per heavy atom. The van der Waals surface area contributed by atoms with Crippen molar-refractivity contribution < 1.29 is 32.0 Å². The number of hydrogen-bond acceptors (Lipinski definition) is 7. The smallest absolute Gasteiger partial charge is 0.586 e. The highest BCUT2D eigenvalue weighted by molar-refractivity contribution is 7.90. The Morgan fingerprint density at radius 1 is 1.19 bits per heavy atom. The van der Waals surface area contributed by atoms with Crippen LogP contribution in [0.4, 0.5) is 18.3 Å². The van der Waals surface area contributed by atoms with Crippen molar-refractivity contribution in [2.75, 3.05) is 5.32 Å². The van der Waals surface area contributed by atoms with E-state index in [2.05, 4.69) is 24.5 Å². The molecule has 0 bridgehead atoms. The quantitative estimate of drug-likeness (QED) is 0.338. The molecular formula is C24H21ClF3N3O4S2. The number of aromatic nitrogens is 1. The van der Waals surface area contributed by atoms with Gasteiger partial charge in [0, 0.05) is 22.6 Å². The summed E-state index contributed by atoms with van der Waals surface area (Å²) >= 11 is 6.01. The lowest BCUT2D eigenvalue weighted by Crippen LogP contribution is -2.34. The molecule has 1 saturated carbocycles. The zero-order chi connectivity index (χ0) is 26.5. The number of thiazole rings is 1. The Labute approximate surface area is 222 Å². The monoisotopic (exact) mass is 571 g/mol. The van der Waals surface area contributed by atoms with Gasteiger partial charge in [-0.3, -0.25) is 4.79 Å². The van der Waals surface area contributed by atoms with Crippen LogP contribution in [0.1, 0.15) is 48.7 Å². The molecule has 1 fully saturated rings. The van der Waals surface area contributed by atoms with Crippen molar-refractivity contribution in [3.63, 3.8) is 0 Å². The molecule has 1 amide bonds. The van der Waals surface area contributed by atoms with Gasteiger partial charge in [0.2, 0.25) is 5.91 Å². The van der Waals surface area contributed by atoms with Crippen LogP contribution in [0, 0.1) is 5.82 Å². The number of amides is 1. The first-order valence-corrected chi connectivity index (χ1v) is 13.7. The van der Waals surface area contributed by atoms with Crippen LogP contribution in [-0.4, -0.2) is 27.0 Å². The molecule has 2 heterocycles. The van der Waals surface area contributed by atoms with Gasteiger partial charge in [-0.1, -0.05) is 35.1 Å². The molecule has 13 heteroatoms. The Kier molecular flexibility index (Phi) is 6.82. The van der Waals surface area contributed by atoms with Crippen molar-refractivity contribution in [2.45, 2.75) is 49.7 Å². The molecule has 5 rings (SSSR count). The van der Waals surface area contributed by atoms with E-state index in [1.165, 1.54) is 36.5 Å². The number of halogens is 4. The lowest BCUT2D eigenvalue weighted by atomic mass is 9.94. The van der Waals surface area contributed by atoms with Gasteiger partial charge in [-0.15, -0.1) is 13.5 Å². The zero-order valence-electron chi connectivity index (χ0n) is 19.5. The van der Waals surface area contributed by atoms with Crippen LogP contribution in [0.3, 0.4) is 0 Å². The van der Waals surface area contributed by atoms with Gasteiger partial charge >= 0.3 is 6.29 Å². The third-order valence-corrected chi connectivity index (χ3v) is 8.73. The normalized spacial score (nSPS) is 18.5. The Morgan fingerprint density at radius 2 is 1.92 bits per heavy atom. The van der Waals surface area contributed by atoms with Crippen LogP contribution in [-0.2, 0) is 21.6 Å². The molecule has 0 spiro atoms. The predicted octanol–water partition coefficient (Wildman–Crippen LogP) is 5.68. The molecule has 0 saturated heterocycles. The van der Waals surface area contributed by atoms with E-state index >= 15 is 0 Å². The molecule has 37 heavy (non-hydrogen) atoms. The van der Waals surface area contributed by atoms with E-state index in [4.69, 9.17) is 11.6 Å². The highest BCUT2D eigenvalue weighted by Crippen LogP contribution is 2.52. The van der Waals surface area contributed by atoms with Crippen molar-refractivity contribution in [1.82, 2.24) is 9.71 Å². The Hall–Kier alpha value is -2.51. The molecule has 2 aromatic carbocycles. The van der Waals surface area contributed by atoms with Crippen LogP contribution < -0.4 is 19.5 Å². The maximum Gasteiger partial charge on any atom is 0.586 e. The fraction of sp³-hybridized carbons (Fsp3) is 0.333. The minimum absolute atomic E-state index is 0.0914. The average Bonchev–Trinajstić information content (AvgIpc) is 3.41. The molecule has 7 nitrogen and oxygen atoms in total. The summed E-state index contributed by atoms with van der Waals surface area (Å²) in [7, 11) is 0. The fourth-order valence-electron chi connectivity index (χ4n) is 3.98. The summed E-state index contributed by atoms with van der Waals surface area (Å²) in [6, 6.07) is 7.60. The van der Waals surface area contributed by atoms with Crippen molar-refractivity contribution >= 4 is 45.3 Å². The first kappa shape index (κ1) is 26.1. The standard InChI is InChI=1S/C24H21ClF3N3O4S2/c1-12(2)37(33)31-20(15-5-4-14(26)10-16(15)25)19-11-29-22(36-19)30-21(32)23(7-8-23)13-3-6-17-18(9-13)35-24(27,28)34-17/h3-6,9-12,20,31H,7-8H2,1-2H3,(H,29,30,32)/t20-,37?/m1/s1. The molecule has 0 radical (unpaired) electrons. The number of rotatable bonds is 8. The number of anilines is 1. The van der Waals surface area contributed by atoms with E-state index in [0.717, 1.165) is 11.3 Å². The number of nitrogens with zero attached hydrogens (tertiary/aromatic N) is 1. The highest BCUT2D eigenvalue weighted by Gasteiger charge is 2.53. The fourth-order valence-corrected chi connectivity index (χ4v) is 5.97. The summed E-state index contributed by atoms with van der Waals surface area (Å²) in [4.78, 5) is 18.1. The van der Waals surface area contributed by atoms with E-state index in [1.807, 2.05) is 0 Å². The van der Waals surface area contributed by atoms with Crippen molar-refractivity contribution in [3.8, 4) is 11.5 Å². The second-order valence-electron chi connectivity index (χ2n) is 9.00. The van der Waals surface area contributed by atoms with Gasteiger partial charge in [-0.2, -0.15) is 0 Å². The van der Waals surface area contributed by atoms with Crippen LogP contribution in [0.5, 0.6) is 11.5 Å². The van der Waals surface area contributed by atoms with Crippen LogP contribution >= 0.6 is 22.9 Å². The predicted molar refractivity (Wildman–Crippen MR) is 134 cm³/mol. The van der Waals surface area contributed by atoms with Gasteiger partial charge in [0.15, 0.2) is 16.6 Å². The molecule has 196 valence electrons. The van der Waals surface area contributed by atoms with E-state index in [9.17, 15) is 22.5 Å². The third kappa shape index (κ3) is 5.26. The van der Waals surface area contributed by atoms with Gasteiger partial charge in [0.1, 0.15) is 17.1 Å². The molecular weight excluding hydrogens is 551 g/mol. The first-order valence-electron chi connectivity index (χ1n) is 11.3. The maximum absolute atomic E-state index is 13.6. The number of ether oxygens (including phenoxy) is 2. The summed E-state index contributed by atoms with van der Waals surface area (Å²) in [5.74, 6) is -1.06. The number of hydrogen-bond donors (Lipinski definition) is 2. The minimum Gasteiger partial charge on any atom is -0.598 e. The number of nitrogens with one attached hydrogen (secondary N) is 2. The first-order chi connectivity index (χ1) is 17.5. The summed E-state index contributed by atoms with van der Waals surface area (Å²) in [5.41, 5.74) is 0.139. The van der Waals surface area contributed by atoms with Gasteiger partial charge in [0.25, 0.3) is 0 Å². The van der Waals surface area contributed by atoms with Crippen LogP contribution in [0.2, 0.25) is 5.02 Å². The summed E-state index contributed by atoms with van der Waals surface area (Å²) in [5, 5.41) is 3.05. The second-order valence-corrected chi connectivity index (χ2v) is 12.2. The summed E-state index contributed by atoms with van der Waals surface area (Å²) < 4.78 is 65.0. The third-order valence-electron chi connectivity index (χ3n) is 6.10. The molecule has 1 aromatic heterocycles. The number of carbonyl (C=O) groups is 1. The molecule has 2 N–H and O–H groups in total. The topological polar surface area (TPSA) is 95.5 Å². The lowest BCUT2D eigenvalue weighted by molar-refractivity contribution is -0.286. The van der Waals surface area contributed by atoms with Crippen molar-refractivity contribution in [3.05, 3.63) is 69.4 Å². The molecule has 1 unspecified atom stereocenters. The molecule has 2 atom stereocenters. The second kappa shape index (κ2) is 9.66. The van der Waals surface area contributed by atoms with Crippen LogP contribution in [0.25, 0.3) is 0 Å². The average molecular weight is 572 g/mol. The van der Waals surface area contributed by atoms with Crippen LogP contribution in [0.15, 0.2) is 42.6 Å². The number of fused-ring (bicyclic) bond motifs is 1. The number of carbonyl (C=O) groups excluding carboxylic acids is 1. The van der Waals surface area contributed by atoms with E-state index in [1.54, 1.807) is 19.9 Å². The minimum atomic E-state index is -3.74. The van der Waals surface area contributed by atoms with E-state index in [-0.39, 0.29) is 27.7 Å². The largest absolute Gasteiger partial charge is 0.598 e. The number of benzene rings is 2. The number of alkyl halides is 2. The molecule has 1 aliphatic heterocycles. The Bertz CT molecular complexity index is 1350. The SMILES string of the molecule is CC(C)[S+]([O-])N[C@@H](c1cnc(NC(=O)C2(c3ccc4c(c3)OC(F)(F)O4)CC2)s1)c1ccc(F)cc1Cl. The maximum atomic E-state index is 13.6. The van der Waals surface area contributed by atoms with E-state index in [0.29, 0.717) is 34.0 Å².